The Bertz CT molecular complexity index is 985. The first-order valence-electron chi connectivity index (χ1n) is 11.8. The molecule has 2 aromatic carbocycles. The van der Waals surface area contributed by atoms with Crippen molar-refractivity contribution in [3.63, 3.8) is 0 Å². The number of hydrogen-bond donors (Lipinski definition) is 1. The molecule has 2 saturated heterocycles. The first-order valence-corrected chi connectivity index (χ1v) is 11.8. The van der Waals surface area contributed by atoms with Crippen LogP contribution in [0.4, 0.5) is 5.69 Å². The molecule has 0 spiro atoms. The molecule has 0 aromatic heterocycles. The molecule has 33 heavy (non-hydrogen) atoms. The molecular weight excluding hydrogens is 420 g/mol. The monoisotopic (exact) mass is 452 g/mol. The van der Waals surface area contributed by atoms with Gasteiger partial charge in [0, 0.05) is 31.3 Å². The Balaban J connectivity index is 1.17. The maximum Gasteiger partial charge on any atom is 0.268 e. The van der Waals surface area contributed by atoms with Crippen molar-refractivity contribution in [2.75, 3.05) is 44.9 Å². The summed E-state index contributed by atoms with van der Waals surface area (Å²) in [6.45, 7) is 5.44. The van der Waals surface area contributed by atoms with Crippen LogP contribution in [0.5, 0.6) is 17.2 Å². The number of carbonyl (C=O) groups is 1. The van der Waals surface area contributed by atoms with Gasteiger partial charge in [-0.15, -0.1) is 0 Å². The fourth-order valence-electron chi connectivity index (χ4n) is 4.39. The van der Waals surface area contributed by atoms with E-state index in [1.807, 2.05) is 30.3 Å². The quantitative estimate of drug-likeness (QED) is 0.557. The van der Waals surface area contributed by atoms with Crippen LogP contribution in [-0.2, 0) is 9.53 Å². The van der Waals surface area contributed by atoms with E-state index in [-0.39, 0.29) is 11.4 Å². The summed E-state index contributed by atoms with van der Waals surface area (Å²) in [6, 6.07) is 13.8. The van der Waals surface area contributed by atoms with Crippen molar-refractivity contribution in [3.05, 3.63) is 48.0 Å². The average Bonchev–Trinajstić information content (AvgIpc) is 3.60. The highest BCUT2D eigenvalue weighted by atomic mass is 16.5. The Labute approximate surface area is 195 Å². The smallest absolute Gasteiger partial charge is 0.268 e. The van der Waals surface area contributed by atoms with Crippen LogP contribution in [0.3, 0.4) is 0 Å². The predicted molar refractivity (Wildman–Crippen MR) is 126 cm³/mol. The van der Waals surface area contributed by atoms with Crippen molar-refractivity contribution in [3.8, 4) is 17.2 Å². The fourth-order valence-corrected chi connectivity index (χ4v) is 4.39. The van der Waals surface area contributed by atoms with Crippen molar-refractivity contribution in [2.45, 2.75) is 43.7 Å². The van der Waals surface area contributed by atoms with Gasteiger partial charge < -0.3 is 29.2 Å². The van der Waals surface area contributed by atoms with Crippen LogP contribution in [0.1, 0.15) is 37.7 Å². The number of carbonyl (C=O) groups excluding carboxylic acids is 1. The molecule has 1 aliphatic carbocycles. The lowest BCUT2D eigenvalue weighted by atomic mass is 10.0. The van der Waals surface area contributed by atoms with E-state index in [9.17, 15) is 4.79 Å². The summed E-state index contributed by atoms with van der Waals surface area (Å²) in [5, 5.41) is 3.44. The summed E-state index contributed by atoms with van der Waals surface area (Å²) < 4.78 is 22.7. The van der Waals surface area contributed by atoms with Crippen molar-refractivity contribution >= 4 is 11.6 Å². The number of benzene rings is 2. The van der Waals surface area contributed by atoms with Crippen LogP contribution in [-0.4, -0.2) is 57.6 Å². The molecule has 176 valence electrons. The van der Waals surface area contributed by atoms with E-state index in [0.717, 1.165) is 31.2 Å². The van der Waals surface area contributed by atoms with Crippen molar-refractivity contribution in [1.29, 1.82) is 0 Å². The number of nitrogens with zero attached hydrogens (tertiary/aromatic N) is 1. The second kappa shape index (κ2) is 9.23. The molecule has 0 unspecified atom stereocenters. The Kier molecular flexibility index (Phi) is 6.17. The zero-order valence-corrected chi connectivity index (χ0v) is 19.3. The number of rotatable bonds is 10. The van der Waals surface area contributed by atoms with E-state index >= 15 is 0 Å². The van der Waals surface area contributed by atoms with Gasteiger partial charge in [-0.1, -0.05) is 12.1 Å². The summed E-state index contributed by atoms with van der Waals surface area (Å²) in [7, 11) is 1.61. The third-order valence-corrected chi connectivity index (χ3v) is 6.58. The SMILES string of the molecule is COc1cc(N2CC[C@H](Oc3ccc(C4CC4)cc3)C2=O)ccc1OCCNC1(C)COC1. The fraction of sp³-hybridized carbons (Fsp3) is 0.500. The van der Waals surface area contributed by atoms with E-state index in [4.69, 9.17) is 18.9 Å². The van der Waals surface area contributed by atoms with Gasteiger partial charge in [0.15, 0.2) is 17.6 Å². The van der Waals surface area contributed by atoms with Crippen molar-refractivity contribution < 1.29 is 23.7 Å². The summed E-state index contributed by atoms with van der Waals surface area (Å²) in [6.07, 6.45) is 2.73. The van der Waals surface area contributed by atoms with E-state index in [1.165, 1.54) is 18.4 Å². The second-order valence-corrected chi connectivity index (χ2v) is 9.39. The Hall–Kier alpha value is -2.77. The van der Waals surface area contributed by atoms with Gasteiger partial charge in [0.05, 0.1) is 25.9 Å². The molecule has 1 N–H and O–H groups in total. The minimum Gasteiger partial charge on any atom is -0.493 e. The Morgan fingerprint density at radius 2 is 1.88 bits per heavy atom. The summed E-state index contributed by atoms with van der Waals surface area (Å²) >= 11 is 0. The molecule has 1 saturated carbocycles. The number of nitrogens with one attached hydrogen (secondary N) is 1. The van der Waals surface area contributed by atoms with Crippen molar-refractivity contribution in [1.82, 2.24) is 5.32 Å². The molecule has 5 rings (SSSR count). The lowest BCUT2D eigenvalue weighted by molar-refractivity contribution is -0.122. The zero-order chi connectivity index (χ0) is 22.8. The number of methoxy groups -OCH3 is 1. The molecule has 7 heteroatoms. The Morgan fingerprint density at radius 3 is 2.55 bits per heavy atom. The topological polar surface area (TPSA) is 69.3 Å². The first-order chi connectivity index (χ1) is 16.0. The van der Waals surface area contributed by atoms with Crippen LogP contribution in [0.2, 0.25) is 0 Å². The number of hydrogen-bond acceptors (Lipinski definition) is 6. The van der Waals surface area contributed by atoms with E-state index in [0.29, 0.717) is 37.0 Å². The number of amides is 1. The predicted octanol–water partition coefficient (Wildman–Crippen LogP) is 3.51. The van der Waals surface area contributed by atoms with Gasteiger partial charge in [0.1, 0.15) is 12.4 Å². The second-order valence-electron chi connectivity index (χ2n) is 9.39. The van der Waals surface area contributed by atoms with Crippen LogP contribution in [0.25, 0.3) is 0 Å². The minimum absolute atomic E-state index is 0.0304. The van der Waals surface area contributed by atoms with Crippen LogP contribution >= 0.6 is 0 Å². The van der Waals surface area contributed by atoms with Gasteiger partial charge in [0.25, 0.3) is 5.91 Å². The standard InChI is InChI=1S/C26H32N2O5/c1-26(16-31-17-26)27-12-14-32-22-10-7-20(15-24(22)30-2)28-13-11-23(25(28)29)33-21-8-5-19(6-9-21)18-3-4-18/h5-10,15,18,23,27H,3-4,11-14,16-17H2,1-2H3/t23-/m0/s1. The van der Waals surface area contributed by atoms with E-state index in [2.05, 4.69) is 24.4 Å². The maximum atomic E-state index is 13.0. The van der Waals surface area contributed by atoms with Crippen LogP contribution in [0.15, 0.2) is 42.5 Å². The summed E-state index contributed by atoms with van der Waals surface area (Å²) in [5.41, 5.74) is 2.19. The third-order valence-electron chi connectivity index (χ3n) is 6.58. The number of ether oxygens (including phenoxy) is 4. The van der Waals surface area contributed by atoms with Gasteiger partial charge in [-0.2, -0.15) is 0 Å². The Morgan fingerprint density at radius 1 is 1.09 bits per heavy atom. The van der Waals surface area contributed by atoms with Gasteiger partial charge in [-0.05, 0) is 55.5 Å². The first kappa shape index (κ1) is 22.0. The zero-order valence-electron chi connectivity index (χ0n) is 19.3. The summed E-state index contributed by atoms with van der Waals surface area (Å²) in [4.78, 5) is 14.8. The van der Waals surface area contributed by atoms with Gasteiger partial charge in [0.2, 0.25) is 0 Å². The average molecular weight is 453 g/mol. The molecule has 0 radical (unpaired) electrons. The van der Waals surface area contributed by atoms with Crippen molar-refractivity contribution in [2.24, 2.45) is 0 Å². The molecule has 3 aliphatic rings. The molecule has 0 bridgehead atoms. The normalized spacial score (nSPS) is 21.6. The molecule has 3 fully saturated rings. The third kappa shape index (κ3) is 4.94. The highest BCUT2D eigenvalue weighted by Gasteiger charge is 2.35. The lowest BCUT2D eigenvalue weighted by Gasteiger charge is -2.38. The highest BCUT2D eigenvalue weighted by Crippen LogP contribution is 2.40. The van der Waals surface area contributed by atoms with E-state index < -0.39 is 6.10 Å². The molecule has 1 atom stereocenters. The molecule has 2 aliphatic heterocycles. The molecular formula is C26H32N2O5. The largest absolute Gasteiger partial charge is 0.493 e. The van der Waals surface area contributed by atoms with Gasteiger partial charge >= 0.3 is 0 Å². The van der Waals surface area contributed by atoms with Crippen LogP contribution < -0.4 is 24.4 Å². The van der Waals surface area contributed by atoms with Gasteiger partial charge in [-0.3, -0.25) is 4.79 Å². The van der Waals surface area contributed by atoms with Crippen LogP contribution in [0, 0.1) is 0 Å². The minimum atomic E-state index is -0.471. The molecule has 1 amide bonds. The molecule has 2 aromatic rings. The number of anilines is 1. The molecule has 2 heterocycles. The molecule has 7 nitrogen and oxygen atoms in total. The lowest BCUT2D eigenvalue weighted by Crippen LogP contribution is -2.58. The summed E-state index contributed by atoms with van der Waals surface area (Å²) in [5.74, 6) is 2.70. The van der Waals surface area contributed by atoms with E-state index in [1.54, 1.807) is 12.0 Å². The highest BCUT2D eigenvalue weighted by molar-refractivity contribution is 5.99. The van der Waals surface area contributed by atoms with Gasteiger partial charge in [-0.25, -0.2) is 0 Å². The maximum absolute atomic E-state index is 13.0.